The number of nitrogens with one attached hydrogen (secondary N) is 2. The molecule has 0 spiro atoms. The highest BCUT2D eigenvalue weighted by Gasteiger charge is 2.25. The molecule has 9 heteroatoms. The standard InChI is InChI=1S/C25H32N8O/c1-5-6-10-15-32-21-19(28-24(32)33-16-11-14-27-33)20(29-22(34)25(2,3)4)30-23(31-21)26-17-18-12-8-7-9-13-18/h7-9,11-14,16H,5-6,10,15,17H2,1-4H3,(H2,26,29,30,31,34). The fraction of sp³-hybridized carbons (Fsp3) is 0.400. The molecule has 0 unspecified atom stereocenters. The van der Waals surface area contributed by atoms with Crippen molar-refractivity contribution >= 4 is 28.8 Å². The molecule has 0 atom stereocenters. The molecule has 34 heavy (non-hydrogen) atoms. The lowest BCUT2D eigenvalue weighted by Gasteiger charge is -2.17. The number of rotatable bonds is 9. The Morgan fingerprint density at radius 1 is 1.03 bits per heavy atom. The topological polar surface area (TPSA) is 103 Å². The number of fused-ring (bicyclic) bond motifs is 1. The van der Waals surface area contributed by atoms with E-state index in [1.54, 1.807) is 10.9 Å². The smallest absolute Gasteiger partial charge is 0.233 e. The van der Waals surface area contributed by atoms with E-state index >= 15 is 0 Å². The van der Waals surface area contributed by atoms with Crippen LogP contribution in [0.4, 0.5) is 11.8 Å². The SMILES string of the molecule is CCCCCn1c(-n2cccn2)nc2c(NC(=O)C(C)(C)C)nc(NCc3ccccc3)nc21. The van der Waals surface area contributed by atoms with E-state index in [0.717, 1.165) is 31.4 Å². The van der Waals surface area contributed by atoms with E-state index in [1.165, 1.54) is 0 Å². The highest BCUT2D eigenvalue weighted by Crippen LogP contribution is 2.27. The van der Waals surface area contributed by atoms with Crippen molar-refractivity contribution < 1.29 is 4.79 Å². The molecule has 0 bridgehead atoms. The van der Waals surface area contributed by atoms with E-state index in [2.05, 4.69) is 32.2 Å². The molecule has 0 aliphatic heterocycles. The highest BCUT2D eigenvalue weighted by atomic mass is 16.2. The molecule has 0 radical (unpaired) electrons. The van der Waals surface area contributed by atoms with Crippen LogP contribution >= 0.6 is 0 Å². The van der Waals surface area contributed by atoms with E-state index in [9.17, 15) is 4.79 Å². The predicted molar refractivity (Wildman–Crippen MR) is 134 cm³/mol. The second-order valence-electron chi connectivity index (χ2n) is 9.33. The fourth-order valence-electron chi connectivity index (χ4n) is 3.52. The number of aromatic nitrogens is 6. The number of benzene rings is 1. The van der Waals surface area contributed by atoms with Gasteiger partial charge in [0.2, 0.25) is 17.8 Å². The zero-order valence-electron chi connectivity index (χ0n) is 20.2. The number of aryl methyl sites for hydroxylation is 1. The van der Waals surface area contributed by atoms with Crippen LogP contribution in [0.2, 0.25) is 0 Å². The van der Waals surface area contributed by atoms with Crippen LogP contribution in [-0.2, 0) is 17.9 Å². The summed E-state index contributed by atoms with van der Waals surface area (Å²) in [5.41, 5.74) is 1.74. The maximum atomic E-state index is 12.9. The summed E-state index contributed by atoms with van der Waals surface area (Å²) in [6, 6.07) is 11.9. The van der Waals surface area contributed by atoms with Crippen LogP contribution in [0.25, 0.3) is 17.1 Å². The molecule has 0 aliphatic rings. The zero-order valence-corrected chi connectivity index (χ0v) is 20.2. The molecule has 0 aliphatic carbocycles. The number of carbonyl (C=O) groups is 1. The molecular formula is C25H32N8O. The van der Waals surface area contributed by atoms with Gasteiger partial charge in [-0.05, 0) is 18.1 Å². The molecule has 3 aromatic heterocycles. The zero-order chi connectivity index (χ0) is 24.1. The molecule has 0 saturated carbocycles. The summed E-state index contributed by atoms with van der Waals surface area (Å²) >= 11 is 0. The van der Waals surface area contributed by atoms with Crippen LogP contribution < -0.4 is 10.6 Å². The Bertz CT molecular complexity index is 1240. The molecule has 4 aromatic rings. The monoisotopic (exact) mass is 460 g/mol. The van der Waals surface area contributed by atoms with Crippen molar-refractivity contribution in [2.24, 2.45) is 5.41 Å². The van der Waals surface area contributed by atoms with Crippen LogP contribution in [-0.4, -0.2) is 35.2 Å². The van der Waals surface area contributed by atoms with Crippen LogP contribution in [0, 0.1) is 5.41 Å². The van der Waals surface area contributed by atoms with Gasteiger partial charge in [-0.3, -0.25) is 9.36 Å². The van der Waals surface area contributed by atoms with Crippen molar-refractivity contribution in [1.82, 2.24) is 29.3 Å². The van der Waals surface area contributed by atoms with Crippen LogP contribution in [0.5, 0.6) is 0 Å². The van der Waals surface area contributed by atoms with Crippen LogP contribution in [0.1, 0.15) is 52.5 Å². The summed E-state index contributed by atoms with van der Waals surface area (Å²) in [6.45, 7) is 9.08. The summed E-state index contributed by atoms with van der Waals surface area (Å²) in [5.74, 6) is 1.34. The second kappa shape index (κ2) is 10.0. The third kappa shape index (κ3) is 5.24. The van der Waals surface area contributed by atoms with Crippen molar-refractivity contribution in [1.29, 1.82) is 0 Å². The lowest BCUT2D eigenvalue weighted by Crippen LogP contribution is -2.28. The summed E-state index contributed by atoms with van der Waals surface area (Å²) in [5, 5.41) is 10.7. The van der Waals surface area contributed by atoms with E-state index in [4.69, 9.17) is 9.97 Å². The van der Waals surface area contributed by atoms with E-state index in [-0.39, 0.29) is 5.91 Å². The van der Waals surface area contributed by atoms with Gasteiger partial charge in [0, 0.05) is 30.9 Å². The number of hydrogen-bond acceptors (Lipinski definition) is 6. The fourth-order valence-corrected chi connectivity index (χ4v) is 3.52. The molecule has 9 nitrogen and oxygen atoms in total. The Kier molecular flexibility index (Phi) is 6.90. The second-order valence-corrected chi connectivity index (χ2v) is 9.33. The van der Waals surface area contributed by atoms with Crippen molar-refractivity contribution in [2.45, 2.75) is 60.0 Å². The van der Waals surface area contributed by atoms with Crippen molar-refractivity contribution in [3.8, 4) is 5.95 Å². The predicted octanol–water partition coefficient (Wildman–Crippen LogP) is 4.80. The molecular weight excluding hydrogens is 428 g/mol. The van der Waals surface area contributed by atoms with E-state index in [0.29, 0.717) is 35.4 Å². The number of imidazole rings is 1. The summed E-state index contributed by atoms with van der Waals surface area (Å²) in [6.07, 6.45) is 6.76. The molecule has 1 aromatic carbocycles. The van der Waals surface area contributed by atoms with Gasteiger partial charge >= 0.3 is 0 Å². The van der Waals surface area contributed by atoms with Gasteiger partial charge in [-0.15, -0.1) is 0 Å². The van der Waals surface area contributed by atoms with Gasteiger partial charge in [0.05, 0.1) is 0 Å². The minimum Gasteiger partial charge on any atom is -0.350 e. The van der Waals surface area contributed by atoms with Gasteiger partial charge < -0.3 is 10.6 Å². The Labute approximate surface area is 199 Å². The Morgan fingerprint density at radius 3 is 2.50 bits per heavy atom. The van der Waals surface area contributed by atoms with E-state index in [1.807, 2.05) is 63.4 Å². The first kappa shape index (κ1) is 23.4. The highest BCUT2D eigenvalue weighted by molar-refractivity contribution is 6.00. The quantitative estimate of drug-likeness (QED) is 0.348. The third-order valence-electron chi connectivity index (χ3n) is 5.48. The summed E-state index contributed by atoms with van der Waals surface area (Å²) < 4.78 is 3.78. The Hall–Kier alpha value is -3.75. The van der Waals surface area contributed by atoms with E-state index < -0.39 is 5.41 Å². The van der Waals surface area contributed by atoms with Gasteiger partial charge in [-0.25, -0.2) is 9.67 Å². The maximum Gasteiger partial charge on any atom is 0.233 e. The number of nitrogens with zero attached hydrogens (tertiary/aromatic N) is 6. The third-order valence-corrected chi connectivity index (χ3v) is 5.48. The molecule has 3 heterocycles. The Morgan fingerprint density at radius 2 is 1.82 bits per heavy atom. The molecule has 4 rings (SSSR count). The van der Waals surface area contributed by atoms with Gasteiger partial charge in [-0.1, -0.05) is 70.9 Å². The molecule has 1 amide bonds. The average Bonchev–Trinajstić information content (AvgIpc) is 3.46. The van der Waals surface area contributed by atoms with Crippen molar-refractivity contribution in [3.05, 3.63) is 54.4 Å². The maximum absolute atomic E-state index is 12.9. The first-order chi connectivity index (χ1) is 16.4. The Balaban J connectivity index is 1.80. The first-order valence-corrected chi connectivity index (χ1v) is 11.7. The number of amides is 1. The minimum atomic E-state index is -0.580. The number of unbranched alkanes of at least 4 members (excludes halogenated alkanes) is 2. The van der Waals surface area contributed by atoms with Crippen molar-refractivity contribution in [3.63, 3.8) is 0 Å². The summed E-state index contributed by atoms with van der Waals surface area (Å²) in [4.78, 5) is 27.1. The average molecular weight is 461 g/mol. The number of carbonyl (C=O) groups excluding carboxylic acids is 1. The van der Waals surface area contributed by atoms with Crippen LogP contribution in [0.3, 0.4) is 0 Å². The molecule has 0 fully saturated rings. The first-order valence-electron chi connectivity index (χ1n) is 11.7. The van der Waals surface area contributed by atoms with Gasteiger partial charge in [0.15, 0.2) is 17.0 Å². The normalized spacial score (nSPS) is 11.6. The molecule has 178 valence electrons. The van der Waals surface area contributed by atoms with Crippen LogP contribution in [0.15, 0.2) is 48.8 Å². The minimum absolute atomic E-state index is 0.136. The molecule has 2 N–H and O–H groups in total. The van der Waals surface area contributed by atoms with Gasteiger partial charge in [-0.2, -0.15) is 15.1 Å². The summed E-state index contributed by atoms with van der Waals surface area (Å²) in [7, 11) is 0. The van der Waals surface area contributed by atoms with Gasteiger partial charge in [0.25, 0.3) is 0 Å². The molecule has 0 saturated heterocycles. The largest absolute Gasteiger partial charge is 0.350 e. The lowest BCUT2D eigenvalue weighted by molar-refractivity contribution is -0.123. The number of anilines is 2. The van der Waals surface area contributed by atoms with Crippen molar-refractivity contribution in [2.75, 3.05) is 10.6 Å². The van der Waals surface area contributed by atoms with Gasteiger partial charge in [0.1, 0.15) is 0 Å². The lowest BCUT2D eigenvalue weighted by atomic mass is 9.96. The number of hydrogen-bond donors (Lipinski definition) is 2.